The third-order valence-corrected chi connectivity index (χ3v) is 3.22. The van der Waals surface area contributed by atoms with E-state index in [9.17, 15) is 9.59 Å². The lowest BCUT2D eigenvalue weighted by Crippen LogP contribution is -2.06. The van der Waals surface area contributed by atoms with Crippen molar-refractivity contribution >= 4 is 23.7 Å². The molecule has 0 bridgehead atoms. The van der Waals surface area contributed by atoms with Crippen LogP contribution in [-0.4, -0.2) is 29.4 Å². The number of hydrogen-bond acceptors (Lipinski definition) is 4. The summed E-state index contributed by atoms with van der Waals surface area (Å²) in [4.78, 5) is 22.8. The molecule has 0 aliphatic rings. The molecule has 0 aromatic heterocycles. The third kappa shape index (κ3) is 4.11. The number of rotatable bonds is 5. The number of esters is 1. The van der Waals surface area contributed by atoms with Gasteiger partial charge in [-0.15, -0.1) is 11.8 Å². The SMILES string of the molecule is CCOC(=O)CSc1cc(C(=O)O)ccc1C. The van der Waals surface area contributed by atoms with Gasteiger partial charge in [0.2, 0.25) is 0 Å². The van der Waals surface area contributed by atoms with Crippen LogP contribution < -0.4 is 0 Å². The number of carbonyl (C=O) groups excluding carboxylic acids is 1. The molecule has 1 aromatic carbocycles. The predicted molar refractivity (Wildman–Crippen MR) is 65.5 cm³/mol. The average molecular weight is 254 g/mol. The molecule has 0 unspecified atom stereocenters. The number of ether oxygens (including phenoxy) is 1. The molecule has 0 saturated carbocycles. The van der Waals surface area contributed by atoms with Gasteiger partial charge in [-0.25, -0.2) is 4.79 Å². The smallest absolute Gasteiger partial charge is 0.335 e. The van der Waals surface area contributed by atoms with Crippen LogP contribution in [0.15, 0.2) is 23.1 Å². The van der Waals surface area contributed by atoms with Crippen molar-refractivity contribution in [3.8, 4) is 0 Å². The van der Waals surface area contributed by atoms with E-state index in [0.717, 1.165) is 10.5 Å². The van der Waals surface area contributed by atoms with Crippen LogP contribution in [0.25, 0.3) is 0 Å². The molecule has 0 saturated heterocycles. The highest BCUT2D eigenvalue weighted by molar-refractivity contribution is 8.00. The van der Waals surface area contributed by atoms with Crippen LogP contribution in [0.2, 0.25) is 0 Å². The van der Waals surface area contributed by atoms with E-state index in [-0.39, 0.29) is 17.3 Å². The van der Waals surface area contributed by atoms with Crippen molar-refractivity contribution in [2.75, 3.05) is 12.4 Å². The Kier molecular flexibility index (Phi) is 5.03. The van der Waals surface area contributed by atoms with Gasteiger partial charge in [0.15, 0.2) is 0 Å². The molecule has 4 nitrogen and oxygen atoms in total. The Bertz CT molecular complexity index is 429. The topological polar surface area (TPSA) is 63.6 Å². The molecule has 1 aromatic rings. The lowest BCUT2D eigenvalue weighted by molar-refractivity contribution is -0.139. The van der Waals surface area contributed by atoms with E-state index in [1.807, 2.05) is 6.92 Å². The van der Waals surface area contributed by atoms with Gasteiger partial charge >= 0.3 is 11.9 Å². The van der Waals surface area contributed by atoms with Gasteiger partial charge in [-0.2, -0.15) is 0 Å². The van der Waals surface area contributed by atoms with Crippen molar-refractivity contribution in [1.82, 2.24) is 0 Å². The standard InChI is InChI=1S/C12H14O4S/c1-3-16-11(13)7-17-10-6-9(12(14)15)5-4-8(10)2/h4-6H,3,7H2,1-2H3,(H,14,15). The van der Waals surface area contributed by atoms with Gasteiger partial charge in [0.1, 0.15) is 0 Å². The minimum Gasteiger partial charge on any atom is -0.478 e. The maximum Gasteiger partial charge on any atom is 0.335 e. The lowest BCUT2D eigenvalue weighted by atomic mass is 10.1. The number of hydrogen-bond donors (Lipinski definition) is 1. The van der Waals surface area contributed by atoms with E-state index in [4.69, 9.17) is 9.84 Å². The average Bonchev–Trinajstić information content (AvgIpc) is 2.28. The Morgan fingerprint density at radius 1 is 1.41 bits per heavy atom. The molecule has 0 spiro atoms. The van der Waals surface area contributed by atoms with Crippen molar-refractivity contribution in [2.45, 2.75) is 18.7 Å². The number of thioether (sulfide) groups is 1. The lowest BCUT2D eigenvalue weighted by Gasteiger charge is -2.06. The van der Waals surface area contributed by atoms with Gasteiger partial charge in [-0.05, 0) is 31.5 Å². The quantitative estimate of drug-likeness (QED) is 0.645. The van der Waals surface area contributed by atoms with E-state index < -0.39 is 5.97 Å². The molecule has 1 rings (SSSR count). The molecular formula is C12H14O4S. The van der Waals surface area contributed by atoms with Crippen molar-refractivity contribution in [2.24, 2.45) is 0 Å². The fourth-order valence-electron chi connectivity index (χ4n) is 1.23. The first-order valence-corrected chi connectivity index (χ1v) is 6.15. The minimum absolute atomic E-state index is 0.192. The van der Waals surface area contributed by atoms with E-state index in [1.165, 1.54) is 11.8 Å². The van der Waals surface area contributed by atoms with Crippen LogP contribution >= 0.6 is 11.8 Å². The summed E-state index contributed by atoms with van der Waals surface area (Å²) >= 11 is 1.29. The first-order chi connectivity index (χ1) is 8.04. The Morgan fingerprint density at radius 2 is 2.12 bits per heavy atom. The van der Waals surface area contributed by atoms with Gasteiger partial charge in [-0.3, -0.25) is 4.79 Å². The molecule has 0 amide bonds. The Morgan fingerprint density at radius 3 is 2.71 bits per heavy atom. The number of aryl methyl sites for hydroxylation is 1. The highest BCUT2D eigenvalue weighted by Crippen LogP contribution is 2.23. The normalized spacial score (nSPS) is 10.0. The second-order valence-electron chi connectivity index (χ2n) is 3.38. The van der Waals surface area contributed by atoms with E-state index in [2.05, 4.69) is 0 Å². The third-order valence-electron chi connectivity index (χ3n) is 2.09. The van der Waals surface area contributed by atoms with Crippen molar-refractivity contribution in [1.29, 1.82) is 0 Å². The van der Waals surface area contributed by atoms with Gasteiger partial charge in [0, 0.05) is 4.90 Å². The number of carboxylic acids is 1. The molecule has 0 radical (unpaired) electrons. The highest BCUT2D eigenvalue weighted by atomic mass is 32.2. The molecular weight excluding hydrogens is 240 g/mol. The first kappa shape index (κ1) is 13.6. The number of benzene rings is 1. The largest absolute Gasteiger partial charge is 0.478 e. The Balaban J connectivity index is 2.73. The Labute approximate surface area is 104 Å². The fraction of sp³-hybridized carbons (Fsp3) is 0.333. The molecule has 0 aliphatic heterocycles. The van der Waals surface area contributed by atoms with E-state index >= 15 is 0 Å². The molecule has 0 aliphatic carbocycles. The van der Waals surface area contributed by atoms with Crippen LogP contribution in [-0.2, 0) is 9.53 Å². The summed E-state index contributed by atoms with van der Waals surface area (Å²) in [5.41, 5.74) is 1.17. The zero-order valence-electron chi connectivity index (χ0n) is 9.73. The summed E-state index contributed by atoms with van der Waals surface area (Å²) < 4.78 is 4.81. The minimum atomic E-state index is -0.969. The molecule has 0 heterocycles. The zero-order valence-corrected chi connectivity index (χ0v) is 10.5. The number of aromatic carboxylic acids is 1. The van der Waals surface area contributed by atoms with Gasteiger partial charge < -0.3 is 9.84 Å². The van der Waals surface area contributed by atoms with E-state index in [1.54, 1.807) is 25.1 Å². The molecule has 5 heteroatoms. The summed E-state index contributed by atoms with van der Waals surface area (Å²) in [7, 11) is 0. The molecule has 1 N–H and O–H groups in total. The molecule has 0 atom stereocenters. The van der Waals surface area contributed by atoms with Crippen LogP contribution in [0.5, 0.6) is 0 Å². The monoisotopic (exact) mass is 254 g/mol. The summed E-state index contributed by atoms with van der Waals surface area (Å²) in [5, 5.41) is 8.86. The highest BCUT2D eigenvalue weighted by Gasteiger charge is 2.09. The van der Waals surface area contributed by atoms with Gasteiger partial charge in [0.05, 0.1) is 17.9 Å². The van der Waals surface area contributed by atoms with Crippen molar-refractivity contribution in [3.05, 3.63) is 29.3 Å². The molecule has 92 valence electrons. The number of carbonyl (C=O) groups is 2. The molecule has 17 heavy (non-hydrogen) atoms. The van der Waals surface area contributed by atoms with Crippen LogP contribution in [0, 0.1) is 6.92 Å². The summed E-state index contributed by atoms with van der Waals surface area (Å²) in [6.45, 7) is 3.98. The summed E-state index contributed by atoms with van der Waals surface area (Å²) in [6, 6.07) is 4.85. The zero-order chi connectivity index (χ0) is 12.8. The van der Waals surface area contributed by atoms with E-state index in [0.29, 0.717) is 6.61 Å². The summed E-state index contributed by atoms with van der Waals surface area (Å²) in [6.07, 6.45) is 0. The van der Waals surface area contributed by atoms with Crippen LogP contribution in [0.1, 0.15) is 22.8 Å². The Hall–Kier alpha value is -1.49. The van der Waals surface area contributed by atoms with Gasteiger partial charge in [0.25, 0.3) is 0 Å². The molecule has 0 fully saturated rings. The summed E-state index contributed by atoms with van der Waals surface area (Å²) in [5.74, 6) is -1.07. The fourth-order valence-corrected chi connectivity index (χ4v) is 2.09. The number of carboxylic acid groups (broad SMARTS) is 1. The second kappa shape index (κ2) is 6.30. The maximum absolute atomic E-state index is 11.2. The second-order valence-corrected chi connectivity index (χ2v) is 4.40. The predicted octanol–water partition coefficient (Wildman–Crippen LogP) is 2.35. The van der Waals surface area contributed by atoms with Crippen molar-refractivity contribution in [3.63, 3.8) is 0 Å². The van der Waals surface area contributed by atoms with Crippen molar-refractivity contribution < 1.29 is 19.4 Å². The van der Waals surface area contributed by atoms with Crippen LogP contribution in [0.4, 0.5) is 0 Å². The van der Waals surface area contributed by atoms with Crippen LogP contribution in [0.3, 0.4) is 0 Å². The first-order valence-electron chi connectivity index (χ1n) is 5.17. The maximum atomic E-state index is 11.2. The van der Waals surface area contributed by atoms with Gasteiger partial charge in [-0.1, -0.05) is 6.07 Å².